The van der Waals surface area contributed by atoms with Crippen molar-refractivity contribution < 1.29 is 14.3 Å². The lowest BCUT2D eigenvalue weighted by Gasteiger charge is -2.37. The van der Waals surface area contributed by atoms with Gasteiger partial charge in [-0.3, -0.25) is 9.59 Å². The maximum atomic E-state index is 13.8. The molecule has 174 valence electrons. The predicted octanol–water partition coefficient (Wildman–Crippen LogP) is 5.04. The first-order valence-electron chi connectivity index (χ1n) is 12.0. The minimum atomic E-state index is -0.258. The number of carbonyl (C=O) groups is 2. The summed E-state index contributed by atoms with van der Waals surface area (Å²) >= 11 is 0. The van der Waals surface area contributed by atoms with Crippen molar-refractivity contribution in [1.29, 1.82) is 0 Å². The van der Waals surface area contributed by atoms with E-state index in [2.05, 4.69) is 6.92 Å². The molecule has 0 N–H and O–H groups in total. The molecule has 0 radical (unpaired) electrons. The molecule has 33 heavy (non-hydrogen) atoms. The number of rotatable bonds is 6. The third kappa shape index (κ3) is 4.60. The van der Waals surface area contributed by atoms with E-state index < -0.39 is 0 Å². The smallest absolute Gasteiger partial charge is 0.282 e. The van der Waals surface area contributed by atoms with Crippen LogP contribution in [0.15, 0.2) is 48.2 Å². The molecule has 0 saturated carbocycles. The number of morpholine rings is 1. The van der Waals surface area contributed by atoms with Gasteiger partial charge in [0.05, 0.1) is 23.5 Å². The maximum absolute atomic E-state index is 13.8. The SMILES string of the molecule is CCCCc1ccc(N2C(=O)C(c3ccc(C)c(C)c3)=C(N3CC(C)OC(C)C3)C2=O)cc1. The summed E-state index contributed by atoms with van der Waals surface area (Å²) < 4.78 is 5.90. The van der Waals surface area contributed by atoms with Crippen LogP contribution in [0, 0.1) is 13.8 Å². The van der Waals surface area contributed by atoms with Crippen LogP contribution < -0.4 is 4.90 Å². The van der Waals surface area contributed by atoms with Gasteiger partial charge >= 0.3 is 0 Å². The van der Waals surface area contributed by atoms with Crippen molar-refractivity contribution in [2.45, 2.75) is 66.1 Å². The quantitative estimate of drug-likeness (QED) is 0.584. The Bertz CT molecular complexity index is 1080. The van der Waals surface area contributed by atoms with Gasteiger partial charge in [-0.25, -0.2) is 4.90 Å². The Morgan fingerprint density at radius 1 is 0.909 bits per heavy atom. The molecule has 2 aromatic rings. The number of aryl methyl sites for hydroxylation is 3. The summed E-state index contributed by atoms with van der Waals surface area (Å²) in [6.45, 7) is 11.4. The van der Waals surface area contributed by atoms with E-state index in [1.54, 1.807) is 0 Å². The number of imide groups is 1. The van der Waals surface area contributed by atoms with Crippen LogP contribution in [0.4, 0.5) is 5.69 Å². The molecule has 2 aromatic carbocycles. The van der Waals surface area contributed by atoms with Gasteiger partial charge in [0.15, 0.2) is 0 Å². The number of hydrogen-bond acceptors (Lipinski definition) is 4. The lowest BCUT2D eigenvalue weighted by Crippen LogP contribution is -2.47. The fraction of sp³-hybridized carbons (Fsp3) is 0.429. The number of amides is 2. The van der Waals surface area contributed by atoms with Crippen molar-refractivity contribution in [3.63, 3.8) is 0 Å². The molecule has 2 heterocycles. The third-order valence-corrected chi connectivity index (χ3v) is 6.60. The average Bonchev–Trinajstić information content (AvgIpc) is 3.04. The number of nitrogens with zero attached hydrogens (tertiary/aromatic N) is 2. The van der Waals surface area contributed by atoms with Gasteiger partial charge in [-0.1, -0.05) is 43.7 Å². The second kappa shape index (κ2) is 9.52. The van der Waals surface area contributed by atoms with Crippen LogP contribution in [0.2, 0.25) is 0 Å². The standard InChI is InChI=1S/C28H34N2O3/c1-6-7-8-22-10-13-24(14-11-22)30-27(31)25(23-12-9-18(2)19(3)15-23)26(28(30)32)29-16-20(4)33-21(5)17-29/h9-15,20-21H,6-8,16-17H2,1-5H3. The number of hydrogen-bond donors (Lipinski definition) is 0. The van der Waals surface area contributed by atoms with Crippen LogP contribution in [-0.2, 0) is 20.7 Å². The number of carbonyl (C=O) groups excluding carboxylic acids is 2. The normalized spacial score (nSPS) is 21.4. The number of ether oxygens (including phenoxy) is 1. The summed E-state index contributed by atoms with van der Waals surface area (Å²) in [7, 11) is 0. The molecular formula is C28H34N2O3. The van der Waals surface area contributed by atoms with E-state index in [4.69, 9.17) is 4.74 Å². The maximum Gasteiger partial charge on any atom is 0.282 e. The Labute approximate surface area is 197 Å². The zero-order valence-electron chi connectivity index (χ0n) is 20.4. The lowest BCUT2D eigenvalue weighted by molar-refractivity contribution is -0.121. The van der Waals surface area contributed by atoms with Crippen LogP contribution in [0.1, 0.15) is 55.9 Å². The van der Waals surface area contributed by atoms with Crippen LogP contribution in [0.25, 0.3) is 5.57 Å². The van der Waals surface area contributed by atoms with Crippen LogP contribution in [-0.4, -0.2) is 42.0 Å². The molecular weight excluding hydrogens is 412 g/mol. The zero-order chi connectivity index (χ0) is 23.7. The largest absolute Gasteiger partial charge is 0.372 e. The lowest BCUT2D eigenvalue weighted by atomic mass is 9.99. The average molecular weight is 447 g/mol. The van der Waals surface area contributed by atoms with Crippen molar-refractivity contribution >= 4 is 23.1 Å². The molecule has 2 atom stereocenters. The molecule has 2 aliphatic heterocycles. The molecule has 0 spiro atoms. The topological polar surface area (TPSA) is 49.9 Å². The second-order valence-corrected chi connectivity index (χ2v) is 9.40. The van der Waals surface area contributed by atoms with Crippen molar-refractivity contribution in [2.75, 3.05) is 18.0 Å². The minimum Gasteiger partial charge on any atom is -0.372 e. The molecule has 4 rings (SSSR count). The molecule has 0 aliphatic carbocycles. The molecule has 5 nitrogen and oxygen atoms in total. The number of unbranched alkanes of at least 4 members (excludes halogenated alkanes) is 1. The Balaban J connectivity index is 1.76. The van der Waals surface area contributed by atoms with Gasteiger partial charge < -0.3 is 9.64 Å². The van der Waals surface area contributed by atoms with Crippen LogP contribution >= 0.6 is 0 Å². The summed E-state index contributed by atoms with van der Waals surface area (Å²) in [6, 6.07) is 13.8. The van der Waals surface area contributed by atoms with E-state index in [9.17, 15) is 9.59 Å². The first-order valence-corrected chi connectivity index (χ1v) is 12.0. The third-order valence-electron chi connectivity index (χ3n) is 6.60. The highest BCUT2D eigenvalue weighted by molar-refractivity contribution is 6.45. The van der Waals surface area contributed by atoms with Crippen molar-refractivity contribution in [1.82, 2.24) is 4.90 Å². The van der Waals surface area contributed by atoms with E-state index in [-0.39, 0.29) is 24.0 Å². The fourth-order valence-corrected chi connectivity index (χ4v) is 4.76. The molecule has 2 unspecified atom stereocenters. The Kier molecular flexibility index (Phi) is 6.71. The number of anilines is 1. The summed E-state index contributed by atoms with van der Waals surface area (Å²) in [5.41, 5.74) is 5.86. The molecule has 2 amide bonds. The Morgan fingerprint density at radius 2 is 1.58 bits per heavy atom. The van der Waals surface area contributed by atoms with E-state index in [1.807, 2.05) is 75.1 Å². The van der Waals surface area contributed by atoms with Gasteiger partial charge in [0.25, 0.3) is 11.8 Å². The Hall–Kier alpha value is -2.92. The first kappa shape index (κ1) is 23.2. The van der Waals surface area contributed by atoms with Gasteiger partial charge in [0.1, 0.15) is 5.70 Å². The number of benzene rings is 2. The fourth-order valence-electron chi connectivity index (χ4n) is 4.76. The van der Waals surface area contributed by atoms with Crippen molar-refractivity contribution in [2.24, 2.45) is 0 Å². The van der Waals surface area contributed by atoms with Crippen molar-refractivity contribution in [3.8, 4) is 0 Å². The van der Waals surface area contributed by atoms with Crippen LogP contribution in [0.5, 0.6) is 0 Å². The summed E-state index contributed by atoms with van der Waals surface area (Å²) in [6.07, 6.45) is 3.22. The predicted molar refractivity (Wildman–Crippen MR) is 132 cm³/mol. The molecule has 0 aromatic heterocycles. The van der Waals surface area contributed by atoms with Gasteiger partial charge in [0, 0.05) is 13.1 Å². The van der Waals surface area contributed by atoms with Crippen molar-refractivity contribution in [3.05, 3.63) is 70.4 Å². The van der Waals surface area contributed by atoms with Crippen LogP contribution in [0.3, 0.4) is 0 Å². The molecule has 5 heteroatoms. The van der Waals surface area contributed by atoms with E-state index in [0.717, 1.165) is 36.0 Å². The minimum absolute atomic E-state index is 0.0166. The highest BCUT2D eigenvalue weighted by Gasteiger charge is 2.43. The second-order valence-electron chi connectivity index (χ2n) is 9.40. The molecule has 0 bridgehead atoms. The molecule has 2 aliphatic rings. The van der Waals surface area contributed by atoms with Gasteiger partial charge in [-0.05, 0) is 74.9 Å². The van der Waals surface area contributed by atoms with Gasteiger partial charge in [-0.2, -0.15) is 0 Å². The van der Waals surface area contributed by atoms with E-state index in [0.29, 0.717) is 30.0 Å². The summed E-state index contributed by atoms with van der Waals surface area (Å²) in [5, 5.41) is 0. The molecule has 1 saturated heterocycles. The van der Waals surface area contributed by atoms with E-state index in [1.165, 1.54) is 10.5 Å². The zero-order valence-corrected chi connectivity index (χ0v) is 20.4. The van der Waals surface area contributed by atoms with E-state index >= 15 is 0 Å². The van der Waals surface area contributed by atoms with Gasteiger partial charge in [0.2, 0.25) is 0 Å². The highest BCUT2D eigenvalue weighted by atomic mass is 16.5. The summed E-state index contributed by atoms with van der Waals surface area (Å²) in [4.78, 5) is 30.9. The van der Waals surface area contributed by atoms with Gasteiger partial charge in [-0.15, -0.1) is 0 Å². The monoisotopic (exact) mass is 446 g/mol. The summed E-state index contributed by atoms with van der Waals surface area (Å²) in [5.74, 6) is -0.512. The molecule has 1 fully saturated rings. The first-order chi connectivity index (χ1) is 15.8. The Morgan fingerprint density at radius 3 is 2.18 bits per heavy atom. The highest BCUT2D eigenvalue weighted by Crippen LogP contribution is 2.36.